The molecule has 0 radical (unpaired) electrons. The van der Waals surface area contributed by atoms with Gasteiger partial charge < -0.3 is 10.6 Å². The number of hydrogen-bond donors (Lipinski definition) is 2. The van der Waals surface area contributed by atoms with Crippen molar-refractivity contribution < 1.29 is 0 Å². The SMILES string of the molecule is c1cc(-c2ccc(NCC3CC3)nc2)ccc1-c1ccc(NCC2CC2)nc1. The van der Waals surface area contributed by atoms with Crippen LogP contribution in [0.25, 0.3) is 22.3 Å². The molecule has 28 heavy (non-hydrogen) atoms. The van der Waals surface area contributed by atoms with Gasteiger partial charge in [-0.25, -0.2) is 9.97 Å². The van der Waals surface area contributed by atoms with E-state index in [-0.39, 0.29) is 0 Å². The van der Waals surface area contributed by atoms with E-state index in [0.29, 0.717) is 0 Å². The predicted molar refractivity (Wildman–Crippen MR) is 115 cm³/mol. The van der Waals surface area contributed by atoms with Gasteiger partial charge in [0.2, 0.25) is 0 Å². The Labute approximate surface area is 166 Å². The highest BCUT2D eigenvalue weighted by Crippen LogP contribution is 2.30. The number of hydrogen-bond acceptors (Lipinski definition) is 4. The van der Waals surface area contributed by atoms with Crippen molar-refractivity contribution in [2.75, 3.05) is 23.7 Å². The summed E-state index contributed by atoms with van der Waals surface area (Å²) in [4.78, 5) is 9.10. The van der Waals surface area contributed by atoms with Gasteiger partial charge in [-0.05, 0) is 72.9 Å². The second kappa shape index (κ2) is 7.63. The molecule has 2 aliphatic rings. The van der Waals surface area contributed by atoms with Crippen LogP contribution in [-0.2, 0) is 0 Å². The Bertz CT molecular complexity index is 830. The molecule has 0 atom stereocenters. The standard InChI is InChI=1S/C24H26N4/c1-2-17(1)13-25-23-11-9-21(15-27-23)19-5-7-20(8-6-19)22-10-12-24(28-16-22)26-14-18-3-4-18/h5-12,15-18H,1-4,13-14H2,(H,25,27)(H,26,28). The van der Waals surface area contributed by atoms with Gasteiger partial charge in [0.1, 0.15) is 11.6 Å². The molecule has 2 fully saturated rings. The minimum atomic E-state index is 0.853. The summed E-state index contributed by atoms with van der Waals surface area (Å²) in [6, 6.07) is 17.0. The van der Waals surface area contributed by atoms with Gasteiger partial charge in [-0.2, -0.15) is 0 Å². The summed E-state index contributed by atoms with van der Waals surface area (Å²) in [5.41, 5.74) is 4.64. The first kappa shape index (κ1) is 17.2. The molecule has 2 aliphatic carbocycles. The minimum absolute atomic E-state index is 0.853. The molecular formula is C24H26N4. The van der Waals surface area contributed by atoms with Crippen LogP contribution in [-0.4, -0.2) is 23.1 Å². The predicted octanol–water partition coefficient (Wildman–Crippen LogP) is 5.45. The van der Waals surface area contributed by atoms with E-state index in [9.17, 15) is 0 Å². The largest absolute Gasteiger partial charge is 0.370 e. The highest BCUT2D eigenvalue weighted by atomic mass is 15.0. The molecule has 0 unspecified atom stereocenters. The Morgan fingerprint density at radius 3 is 1.29 bits per heavy atom. The number of nitrogens with one attached hydrogen (secondary N) is 2. The van der Waals surface area contributed by atoms with Gasteiger partial charge >= 0.3 is 0 Å². The van der Waals surface area contributed by atoms with E-state index in [1.54, 1.807) is 0 Å². The Balaban J connectivity index is 1.23. The third-order valence-electron chi connectivity index (χ3n) is 5.62. The molecule has 3 aromatic rings. The van der Waals surface area contributed by atoms with E-state index in [4.69, 9.17) is 0 Å². The molecule has 2 saturated carbocycles. The fourth-order valence-electron chi connectivity index (χ4n) is 3.34. The summed E-state index contributed by atoms with van der Waals surface area (Å²) in [6.07, 6.45) is 9.32. The van der Waals surface area contributed by atoms with Gasteiger partial charge in [0.25, 0.3) is 0 Å². The van der Waals surface area contributed by atoms with Crippen LogP contribution in [0, 0.1) is 11.8 Å². The van der Waals surface area contributed by atoms with Crippen molar-refractivity contribution in [1.82, 2.24) is 9.97 Å². The molecule has 0 saturated heterocycles. The van der Waals surface area contributed by atoms with E-state index in [1.807, 2.05) is 12.4 Å². The van der Waals surface area contributed by atoms with Gasteiger partial charge in [0.15, 0.2) is 0 Å². The molecule has 0 amide bonds. The van der Waals surface area contributed by atoms with Crippen LogP contribution in [0.1, 0.15) is 25.7 Å². The van der Waals surface area contributed by atoms with Crippen molar-refractivity contribution in [1.29, 1.82) is 0 Å². The maximum atomic E-state index is 4.55. The second-order valence-corrected chi connectivity index (χ2v) is 8.09. The topological polar surface area (TPSA) is 49.8 Å². The summed E-state index contributed by atoms with van der Waals surface area (Å²) >= 11 is 0. The molecule has 2 heterocycles. The maximum Gasteiger partial charge on any atom is 0.125 e. The summed E-state index contributed by atoms with van der Waals surface area (Å²) in [6.45, 7) is 2.09. The average Bonchev–Trinajstić information content (AvgIpc) is 3.67. The Hall–Kier alpha value is -2.88. The molecule has 4 heteroatoms. The van der Waals surface area contributed by atoms with Gasteiger partial charge in [-0.1, -0.05) is 24.3 Å². The zero-order chi connectivity index (χ0) is 18.8. The third kappa shape index (κ3) is 4.33. The van der Waals surface area contributed by atoms with E-state index in [0.717, 1.165) is 47.7 Å². The molecule has 1 aromatic carbocycles. The van der Waals surface area contributed by atoms with E-state index in [2.05, 4.69) is 69.1 Å². The van der Waals surface area contributed by atoms with Crippen LogP contribution >= 0.6 is 0 Å². The lowest BCUT2D eigenvalue weighted by Gasteiger charge is -2.08. The van der Waals surface area contributed by atoms with Crippen molar-refractivity contribution in [3.8, 4) is 22.3 Å². The quantitative estimate of drug-likeness (QED) is 0.553. The van der Waals surface area contributed by atoms with Gasteiger partial charge in [-0.3, -0.25) is 0 Å². The molecule has 4 nitrogen and oxygen atoms in total. The lowest BCUT2D eigenvalue weighted by atomic mass is 10.0. The molecule has 0 spiro atoms. The van der Waals surface area contributed by atoms with Crippen LogP contribution in [0.15, 0.2) is 60.9 Å². The monoisotopic (exact) mass is 370 g/mol. The lowest BCUT2D eigenvalue weighted by Crippen LogP contribution is -2.04. The summed E-state index contributed by atoms with van der Waals surface area (Å²) < 4.78 is 0. The molecule has 5 rings (SSSR count). The first-order valence-corrected chi connectivity index (χ1v) is 10.3. The first-order valence-electron chi connectivity index (χ1n) is 10.3. The van der Waals surface area contributed by atoms with Crippen molar-refractivity contribution in [3.05, 3.63) is 60.9 Å². The fraction of sp³-hybridized carbons (Fsp3) is 0.333. The number of benzene rings is 1. The van der Waals surface area contributed by atoms with Crippen molar-refractivity contribution in [2.45, 2.75) is 25.7 Å². The Kier molecular flexibility index (Phi) is 4.69. The Morgan fingerprint density at radius 1 is 0.571 bits per heavy atom. The average molecular weight is 371 g/mol. The molecule has 0 aliphatic heterocycles. The van der Waals surface area contributed by atoms with Crippen molar-refractivity contribution in [2.24, 2.45) is 11.8 Å². The van der Waals surface area contributed by atoms with Gasteiger partial charge in [0, 0.05) is 36.6 Å². The molecule has 2 N–H and O–H groups in total. The van der Waals surface area contributed by atoms with Gasteiger partial charge in [-0.15, -0.1) is 0 Å². The fourth-order valence-corrected chi connectivity index (χ4v) is 3.34. The number of pyridine rings is 2. The zero-order valence-electron chi connectivity index (χ0n) is 16.1. The summed E-state index contributed by atoms with van der Waals surface area (Å²) in [5.74, 6) is 3.64. The van der Waals surface area contributed by atoms with Crippen LogP contribution in [0.4, 0.5) is 11.6 Å². The van der Waals surface area contributed by atoms with Crippen LogP contribution < -0.4 is 10.6 Å². The highest BCUT2D eigenvalue weighted by Gasteiger charge is 2.21. The molecule has 2 aromatic heterocycles. The van der Waals surface area contributed by atoms with Crippen LogP contribution in [0.3, 0.4) is 0 Å². The number of nitrogens with zero attached hydrogens (tertiary/aromatic N) is 2. The third-order valence-corrected chi connectivity index (χ3v) is 5.62. The minimum Gasteiger partial charge on any atom is -0.370 e. The van der Waals surface area contributed by atoms with Gasteiger partial charge in [0.05, 0.1) is 0 Å². The normalized spacial score (nSPS) is 16.0. The summed E-state index contributed by atoms with van der Waals surface area (Å²) in [5, 5.41) is 6.83. The second-order valence-electron chi connectivity index (χ2n) is 8.09. The number of anilines is 2. The van der Waals surface area contributed by atoms with Crippen molar-refractivity contribution >= 4 is 11.6 Å². The van der Waals surface area contributed by atoms with E-state index >= 15 is 0 Å². The van der Waals surface area contributed by atoms with Crippen LogP contribution in [0.5, 0.6) is 0 Å². The zero-order valence-corrected chi connectivity index (χ0v) is 16.1. The molecule has 142 valence electrons. The number of aromatic nitrogens is 2. The number of rotatable bonds is 8. The molecule has 0 bridgehead atoms. The smallest absolute Gasteiger partial charge is 0.125 e. The summed E-state index contributed by atoms with van der Waals surface area (Å²) in [7, 11) is 0. The van der Waals surface area contributed by atoms with E-state index < -0.39 is 0 Å². The lowest BCUT2D eigenvalue weighted by molar-refractivity contribution is 0.883. The Morgan fingerprint density at radius 2 is 0.964 bits per heavy atom. The van der Waals surface area contributed by atoms with Crippen LogP contribution in [0.2, 0.25) is 0 Å². The van der Waals surface area contributed by atoms with E-state index in [1.165, 1.54) is 36.8 Å². The molecular weight excluding hydrogens is 344 g/mol. The van der Waals surface area contributed by atoms with Crippen molar-refractivity contribution in [3.63, 3.8) is 0 Å². The first-order chi connectivity index (χ1) is 13.8. The maximum absolute atomic E-state index is 4.55. The highest BCUT2D eigenvalue weighted by molar-refractivity contribution is 5.70.